The van der Waals surface area contributed by atoms with E-state index in [1.165, 1.54) is 6.33 Å². The molecule has 2 rings (SSSR count). The van der Waals surface area contributed by atoms with Gasteiger partial charge in [-0.3, -0.25) is 9.59 Å². The molecule has 0 amide bonds. The standard InChI is InChI=1S/C14H12N2O3/c1-9-5-12(16-8-15-9)10-3-2-4-11(6-10)13(17)7-14(18)19/h2-6,8H,7H2,1H3,(H,18,19). The molecule has 0 fully saturated rings. The number of carbonyl (C=O) groups is 2. The Morgan fingerprint density at radius 2 is 2.00 bits per heavy atom. The maximum Gasteiger partial charge on any atom is 0.311 e. The van der Waals surface area contributed by atoms with E-state index in [0.29, 0.717) is 11.3 Å². The number of carbonyl (C=O) groups excluding carboxylic acids is 1. The minimum atomic E-state index is -1.13. The average Bonchev–Trinajstić information content (AvgIpc) is 2.38. The Morgan fingerprint density at radius 3 is 2.68 bits per heavy atom. The predicted molar refractivity (Wildman–Crippen MR) is 68.8 cm³/mol. The fourth-order valence-corrected chi connectivity index (χ4v) is 1.70. The summed E-state index contributed by atoms with van der Waals surface area (Å²) in [6.45, 7) is 1.85. The van der Waals surface area contributed by atoms with Crippen molar-refractivity contribution in [1.29, 1.82) is 0 Å². The summed E-state index contributed by atoms with van der Waals surface area (Å²) in [4.78, 5) is 30.4. The zero-order valence-corrected chi connectivity index (χ0v) is 10.3. The number of aryl methyl sites for hydroxylation is 1. The molecule has 0 aliphatic carbocycles. The summed E-state index contributed by atoms with van der Waals surface area (Å²) in [5.41, 5.74) is 2.67. The Balaban J connectivity index is 2.34. The maximum absolute atomic E-state index is 11.7. The van der Waals surface area contributed by atoms with Gasteiger partial charge in [-0.05, 0) is 19.1 Å². The van der Waals surface area contributed by atoms with E-state index in [0.717, 1.165) is 11.3 Å². The lowest BCUT2D eigenvalue weighted by Gasteiger charge is -2.04. The van der Waals surface area contributed by atoms with E-state index in [4.69, 9.17) is 5.11 Å². The van der Waals surface area contributed by atoms with Gasteiger partial charge in [0.1, 0.15) is 12.7 Å². The van der Waals surface area contributed by atoms with Crippen LogP contribution in [0.4, 0.5) is 0 Å². The van der Waals surface area contributed by atoms with E-state index < -0.39 is 18.2 Å². The molecule has 96 valence electrons. The van der Waals surface area contributed by atoms with Crippen molar-refractivity contribution in [2.24, 2.45) is 0 Å². The monoisotopic (exact) mass is 256 g/mol. The molecular formula is C14H12N2O3. The molecule has 0 spiro atoms. The van der Waals surface area contributed by atoms with Crippen molar-refractivity contribution >= 4 is 11.8 Å². The van der Waals surface area contributed by atoms with Gasteiger partial charge in [-0.2, -0.15) is 0 Å². The largest absolute Gasteiger partial charge is 0.481 e. The van der Waals surface area contributed by atoms with E-state index in [-0.39, 0.29) is 0 Å². The predicted octanol–water partition coefficient (Wildman–Crippen LogP) is 2.11. The second-order valence-corrected chi connectivity index (χ2v) is 4.12. The molecule has 0 aliphatic rings. The Morgan fingerprint density at radius 1 is 1.21 bits per heavy atom. The third kappa shape index (κ3) is 3.22. The molecule has 1 heterocycles. The van der Waals surface area contributed by atoms with Crippen LogP contribution in [0, 0.1) is 6.92 Å². The number of benzene rings is 1. The number of carboxylic acids is 1. The Kier molecular flexibility index (Phi) is 3.66. The van der Waals surface area contributed by atoms with E-state index in [1.54, 1.807) is 24.3 Å². The number of hydrogen-bond acceptors (Lipinski definition) is 4. The van der Waals surface area contributed by atoms with E-state index in [1.807, 2.05) is 13.0 Å². The summed E-state index contributed by atoms with van der Waals surface area (Å²) >= 11 is 0. The van der Waals surface area contributed by atoms with Crippen molar-refractivity contribution in [2.75, 3.05) is 0 Å². The minimum absolute atomic E-state index is 0.371. The number of ketones is 1. The van der Waals surface area contributed by atoms with Crippen LogP contribution in [0.15, 0.2) is 36.7 Å². The van der Waals surface area contributed by atoms with E-state index in [9.17, 15) is 9.59 Å². The zero-order chi connectivity index (χ0) is 13.8. The molecule has 0 saturated heterocycles. The number of aromatic nitrogens is 2. The quantitative estimate of drug-likeness (QED) is 0.669. The highest BCUT2D eigenvalue weighted by Crippen LogP contribution is 2.19. The van der Waals surface area contributed by atoms with Gasteiger partial charge in [0.2, 0.25) is 0 Å². The van der Waals surface area contributed by atoms with Gasteiger partial charge in [0, 0.05) is 16.8 Å². The summed E-state index contributed by atoms with van der Waals surface area (Å²) in [5.74, 6) is -1.55. The fraction of sp³-hybridized carbons (Fsp3) is 0.143. The number of rotatable bonds is 4. The van der Waals surface area contributed by atoms with Crippen molar-refractivity contribution in [1.82, 2.24) is 9.97 Å². The van der Waals surface area contributed by atoms with Gasteiger partial charge in [-0.25, -0.2) is 9.97 Å². The average molecular weight is 256 g/mol. The molecule has 19 heavy (non-hydrogen) atoms. The molecule has 0 radical (unpaired) electrons. The summed E-state index contributed by atoms with van der Waals surface area (Å²) in [5, 5.41) is 8.63. The molecule has 0 saturated carbocycles. The third-order valence-electron chi connectivity index (χ3n) is 2.60. The van der Waals surface area contributed by atoms with Crippen LogP contribution in [-0.2, 0) is 4.79 Å². The molecular weight excluding hydrogens is 244 g/mol. The first-order valence-electron chi connectivity index (χ1n) is 5.70. The van der Waals surface area contributed by atoms with Crippen LogP contribution in [0.25, 0.3) is 11.3 Å². The molecule has 0 atom stereocenters. The molecule has 2 aromatic rings. The highest BCUT2D eigenvalue weighted by molar-refractivity contribution is 6.06. The second kappa shape index (κ2) is 5.39. The Hall–Kier alpha value is -2.56. The molecule has 1 N–H and O–H groups in total. The van der Waals surface area contributed by atoms with E-state index >= 15 is 0 Å². The molecule has 1 aromatic carbocycles. The van der Waals surface area contributed by atoms with Crippen LogP contribution in [0.3, 0.4) is 0 Å². The lowest BCUT2D eigenvalue weighted by Crippen LogP contribution is -2.07. The van der Waals surface area contributed by atoms with Gasteiger partial charge >= 0.3 is 5.97 Å². The van der Waals surface area contributed by atoms with Gasteiger partial charge in [0.15, 0.2) is 5.78 Å². The van der Waals surface area contributed by atoms with Crippen molar-refractivity contribution in [2.45, 2.75) is 13.3 Å². The highest BCUT2D eigenvalue weighted by atomic mass is 16.4. The summed E-state index contributed by atoms with van der Waals surface area (Å²) < 4.78 is 0. The molecule has 0 bridgehead atoms. The van der Waals surface area contributed by atoms with Crippen molar-refractivity contribution in [3.63, 3.8) is 0 Å². The fourth-order valence-electron chi connectivity index (χ4n) is 1.70. The van der Waals surface area contributed by atoms with Gasteiger partial charge in [0.25, 0.3) is 0 Å². The topological polar surface area (TPSA) is 80.2 Å². The summed E-state index contributed by atoms with van der Waals surface area (Å²) in [7, 11) is 0. The lowest BCUT2D eigenvalue weighted by molar-refractivity contribution is -0.135. The molecule has 0 aliphatic heterocycles. The third-order valence-corrected chi connectivity index (χ3v) is 2.60. The zero-order valence-electron chi connectivity index (χ0n) is 10.3. The van der Waals surface area contributed by atoms with Crippen LogP contribution >= 0.6 is 0 Å². The highest BCUT2D eigenvalue weighted by Gasteiger charge is 2.11. The number of nitrogens with zero attached hydrogens (tertiary/aromatic N) is 2. The van der Waals surface area contributed by atoms with E-state index in [2.05, 4.69) is 9.97 Å². The lowest BCUT2D eigenvalue weighted by atomic mass is 10.0. The van der Waals surface area contributed by atoms with Crippen molar-refractivity contribution in [3.05, 3.63) is 47.9 Å². The number of Topliss-reactive ketones (excluding diaryl/α,β-unsaturated/α-hetero) is 1. The van der Waals surface area contributed by atoms with Crippen LogP contribution in [0.1, 0.15) is 22.5 Å². The van der Waals surface area contributed by atoms with Crippen LogP contribution in [0.2, 0.25) is 0 Å². The van der Waals surface area contributed by atoms with Crippen LogP contribution in [-0.4, -0.2) is 26.8 Å². The normalized spacial score (nSPS) is 10.2. The Bertz CT molecular complexity index is 638. The van der Waals surface area contributed by atoms with Crippen molar-refractivity contribution in [3.8, 4) is 11.3 Å². The smallest absolute Gasteiger partial charge is 0.311 e. The molecule has 1 aromatic heterocycles. The molecule has 5 heteroatoms. The van der Waals surface area contributed by atoms with Crippen LogP contribution in [0.5, 0.6) is 0 Å². The summed E-state index contributed by atoms with van der Waals surface area (Å²) in [6.07, 6.45) is 0.947. The minimum Gasteiger partial charge on any atom is -0.481 e. The summed E-state index contributed by atoms with van der Waals surface area (Å²) in [6, 6.07) is 8.58. The number of aliphatic carboxylic acids is 1. The number of hydrogen-bond donors (Lipinski definition) is 1. The molecule has 0 unspecified atom stereocenters. The first-order chi connectivity index (χ1) is 9.06. The van der Waals surface area contributed by atoms with Crippen LogP contribution < -0.4 is 0 Å². The van der Waals surface area contributed by atoms with Gasteiger partial charge in [0.05, 0.1) is 5.69 Å². The number of carboxylic acid groups (broad SMARTS) is 1. The molecule has 5 nitrogen and oxygen atoms in total. The van der Waals surface area contributed by atoms with Gasteiger partial charge in [-0.1, -0.05) is 18.2 Å². The van der Waals surface area contributed by atoms with Crippen molar-refractivity contribution < 1.29 is 14.7 Å². The van der Waals surface area contributed by atoms with Gasteiger partial charge < -0.3 is 5.11 Å². The maximum atomic E-state index is 11.7. The Labute approximate surface area is 110 Å². The first-order valence-corrected chi connectivity index (χ1v) is 5.70. The second-order valence-electron chi connectivity index (χ2n) is 4.12. The first kappa shape index (κ1) is 12.9. The SMILES string of the molecule is Cc1cc(-c2cccc(C(=O)CC(=O)O)c2)ncn1. The van der Waals surface area contributed by atoms with Gasteiger partial charge in [-0.15, -0.1) is 0 Å².